The monoisotopic (exact) mass is 452 g/mol. The molecular formula is C26H28N8. The van der Waals surface area contributed by atoms with E-state index in [4.69, 9.17) is 4.98 Å². The maximum Gasteiger partial charge on any atom is 0.163 e. The molecule has 0 saturated heterocycles. The van der Waals surface area contributed by atoms with E-state index in [0.29, 0.717) is 0 Å². The summed E-state index contributed by atoms with van der Waals surface area (Å²) in [4.78, 5) is 18.1. The SMILES string of the molecule is Cc1cccc(-c2nc(CC3CC3)n3nccc3n2)c1.Cc1nc(CC2CC2)n2nccc2n1. The van der Waals surface area contributed by atoms with Crippen LogP contribution in [0.4, 0.5) is 0 Å². The fourth-order valence-electron chi connectivity index (χ4n) is 4.23. The third-order valence-corrected chi connectivity index (χ3v) is 6.37. The average molecular weight is 453 g/mol. The minimum atomic E-state index is 0.780. The Bertz CT molecular complexity index is 1460. The van der Waals surface area contributed by atoms with Gasteiger partial charge < -0.3 is 0 Å². The molecule has 172 valence electrons. The van der Waals surface area contributed by atoms with Crippen LogP contribution in [-0.4, -0.2) is 39.2 Å². The summed E-state index contributed by atoms with van der Waals surface area (Å²) in [6, 6.07) is 12.2. The summed E-state index contributed by atoms with van der Waals surface area (Å²) in [5.41, 5.74) is 4.09. The summed E-state index contributed by atoms with van der Waals surface area (Å²) in [5.74, 6) is 5.34. The van der Waals surface area contributed by atoms with Gasteiger partial charge in [-0.25, -0.2) is 29.0 Å². The molecule has 8 heteroatoms. The topological polar surface area (TPSA) is 86.2 Å². The Balaban J connectivity index is 0.000000136. The lowest BCUT2D eigenvalue weighted by Gasteiger charge is -2.07. The lowest BCUT2D eigenvalue weighted by molar-refractivity contribution is 0.701. The molecule has 2 aliphatic carbocycles. The largest absolute Gasteiger partial charge is 0.218 e. The van der Waals surface area contributed by atoms with Crippen LogP contribution in [0.15, 0.2) is 48.8 Å². The number of hydrogen-bond acceptors (Lipinski definition) is 6. The summed E-state index contributed by atoms with van der Waals surface area (Å²) in [5, 5.41) is 8.58. The Hall–Kier alpha value is -3.68. The number of benzene rings is 1. The van der Waals surface area contributed by atoms with Crippen molar-refractivity contribution in [3.8, 4) is 11.4 Å². The predicted octanol–water partition coefficient (Wildman–Crippen LogP) is 4.44. The highest BCUT2D eigenvalue weighted by molar-refractivity contribution is 5.58. The first-order chi connectivity index (χ1) is 16.6. The molecule has 0 N–H and O–H groups in total. The van der Waals surface area contributed by atoms with Crippen molar-refractivity contribution in [2.75, 3.05) is 0 Å². The van der Waals surface area contributed by atoms with Gasteiger partial charge in [-0.2, -0.15) is 10.2 Å². The van der Waals surface area contributed by atoms with Crippen molar-refractivity contribution < 1.29 is 0 Å². The van der Waals surface area contributed by atoms with Crippen LogP contribution in [0.5, 0.6) is 0 Å². The number of fused-ring (bicyclic) bond motifs is 2. The summed E-state index contributed by atoms with van der Waals surface area (Å²) in [7, 11) is 0. The van der Waals surface area contributed by atoms with Crippen LogP contribution in [0.1, 0.15) is 48.7 Å². The molecule has 2 fully saturated rings. The number of rotatable bonds is 5. The minimum Gasteiger partial charge on any atom is -0.218 e. The van der Waals surface area contributed by atoms with E-state index in [1.54, 1.807) is 12.4 Å². The highest BCUT2D eigenvalue weighted by atomic mass is 15.3. The van der Waals surface area contributed by atoms with Crippen LogP contribution in [0.3, 0.4) is 0 Å². The molecule has 2 saturated carbocycles. The summed E-state index contributed by atoms with van der Waals surface area (Å²) >= 11 is 0. The van der Waals surface area contributed by atoms with Crippen LogP contribution in [0.2, 0.25) is 0 Å². The molecule has 0 amide bonds. The maximum atomic E-state index is 4.75. The fourth-order valence-corrected chi connectivity index (χ4v) is 4.23. The Kier molecular flexibility index (Phi) is 5.28. The van der Waals surface area contributed by atoms with Gasteiger partial charge in [0, 0.05) is 30.5 Å². The molecule has 4 heterocycles. The van der Waals surface area contributed by atoms with Crippen LogP contribution < -0.4 is 0 Å². The number of hydrogen-bond donors (Lipinski definition) is 0. The molecular weight excluding hydrogens is 424 g/mol. The molecule has 8 nitrogen and oxygen atoms in total. The van der Waals surface area contributed by atoms with Crippen LogP contribution >= 0.6 is 0 Å². The number of aromatic nitrogens is 8. The highest BCUT2D eigenvalue weighted by Gasteiger charge is 2.25. The molecule has 4 aromatic heterocycles. The zero-order valence-electron chi connectivity index (χ0n) is 19.6. The van der Waals surface area contributed by atoms with Gasteiger partial charge in [-0.05, 0) is 57.4 Å². The zero-order chi connectivity index (χ0) is 23.1. The molecule has 0 aliphatic heterocycles. The first-order valence-corrected chi connectivity index (χ1v) is 12.1. The second-order valence-corrected chi connectivity index (χ2v) is 9.52. The normalized spacial score (nSPS) is 15.5. The molecule has 2 aliphatic rings. The molecule has 5 aromatic rings. The van der Waals surface area contributed by atoms with Gasteiger partial charge in [0.15, 0.2) is 17.1 Å². The molecule has 7 rings (SSSR count). The van der Waals surface area contributed by atoms with E-state index in [1.165, 1.54) is 31.2 Å². The molecule has 0 unspecified atom stereocenters. The van der Waals surface area contributed by atoms with Crippen molar-refractivity contribution in [2.45, 2.75) is 52.4 Å². The fraction of sp³-hybridized carbons (Fsp3) is 0.385. The highest BCUT2D eigenvalue weighted by Crippen LogP contribution is 2.33. The third-order valence-electron chi connectivity index (χ3n) is 6.37. The Morgan fingerprint density at radius 1 is 0.735 bits per heavy atom. The molecule has 1 aromatic carbocycles. The third kappa shape index (κ3) is 4.53. The molecule has 34 heavy (non-hydrogen) atoms. The summed E-state index contributed by atoms with van der Waals surface area (Å²) in [6.45, 7) is 4.02. The maximum absolute atomic E-state index is 4.75. The van der Waals surface area contributed by atoms with E-state index in [0.717, 1.165) is 64.8 Å². The van der Waals surface area contributed by atoms with Crippen molar-refractivity contribution in [3.63, 3.8) is 0 Å². The van der Waals surface area contributed by atoms with E-state index < -0.39 is 0 Å². The average Bonchev–Trinajstić information content (AvgIpc) is 3.72. The smallest absolute Gasteiger partial charge is 0.163 e. The van der Waals surface area contributed by atoms with Crippen LogP contribution in [-0.2, 0) is 12.8 Å². The lowest BCUT2D eigenvalue weighted by atomic mass is 10.1. The van der Waals surface area contributed by atoms with Crippen molar-refractivity contribution in [1.82, 2.24) is 39.2 Å². The van der Waals surface area contributed by atoms with Gasteiger partial charge in [-0.3, -0.25) is 0 Å². The van der Waals surface area contributed by atoms with E-state index in [9.17, 15) is 0 Å². The lowest BCUT2D eigenvalue weighted by Crippen LogP contribution is -2.07. The van der Waals surface area contributed by atoms with Gasteiger partial charge in [-0.1, -0.05) is 23.8 Å². The van der Waals surface area contributed by atoms with E-state index in [-0.39, 0.29) is 0 Å². The molecule has 0 bridgehead atoms. The molecule has 0 spiro atoms. The molecule has 0 radical (unpaired) electrons. The molecule has 0 atom stereocenters. The quantitative estimate of drug-likeness (QED) is 0.392. The van der Waals surface area contributed by atoms with Gasteiger partial charge in [0.1, 0.15) is 17.5 Å². The summed E-state index contributed by atoms with van der Waals surface area (Å²) < 4.78 is 3.73. The van der Waals surface area contributed by atoms with Crippen molar-refractivity contribution >= 4 is 11.3 Å². The first kappa shape index (κ1) is 20.9. The van der Waals surface area contributed by atoms with E-state index in [1.807, 2.05) is 28.1 Å². The standard InChI is InChI=1S/C16H16N4.C10H12N4/c1-11-3-2-4-13(9-11)16-18-14-7-8-17-20(14)15(19-16)10-12-5-6-12;1-7-12-9-4-5-11-14(9)10(13-7)6-8-2-3-8/h2-4,7-9,12H,5-6,10H2,1H3;4-5,8H,2-3,6H2,1H3. The van der Waals surface area contributed by atoms with Crippen LogP contribution in [0, 0.1) is 25.7 Å². The second kappa shape index (κ2) is 8.59. The van der Waals surface area contributed by atoms with Gasteiger partial charge >= 0.3 is 0 Å². The predicted molar refractivity (Wildman–Crippen MR) is 129 cm³/mol. The van der Waals surface area contributed by atoms with E-state index in [2.05, 4.69) is 56.3 Å². The van der Waals surface area contributed by atoms with Crippen molar-refractivity contribution in [1.29, 1.82) is 0 Å². The van der Waals surface area contributed by atoms with Gasteiger partial charge in [0.05, 0.1) is 12.4 Å². The van der Waals surface area contributed by atoms with Gasteiger partial charge in [0.25, 0.3) is 0 Å². The Morgan fingerprint density at radius 2 is 1.35 bits per heavy atom. The van der Waals surface area contributed by atoms with Gasteiger partial charge in [-0.15, -0.1) is 0 Å². The second-order valence-electron chi connectivity index (χ2n) is 9.52. The van der Waals surface area contributed by atoms with Crippen molar-refractivity contribution in [3.05, 3.63) is 71.8 Å². The Morgan fingerprint density at radius 3 is 1.97 bits per heavy atom. The first-order valence-electron chi connectivity index (χ1n) is 12.1. The van der Waals surface area contributed by atoms with Crippen LogP contribution in [0.25, 0.3) is 22.7 Å². The number of nitrogens with zero attached hydrogens (tertiary/aromatic N) is 8. The zero-order valence-corrected chi connectivity index (χ0v) is 19.6. The van der Waals surface area contributed by atoms with Crippen molar-refractivity contribution in [2.24, 2.45) is 11.8 Å². The van der Waals surface area contributed by atoms with Gasteiger partial charge in [0.2, 0.25) is 0 Å². The Labute approximate surface area is 198 Å². The number of aryl methyl sites for hydroxylation is 2. The van der Waals surface area contributed by atoms with E-state index >= 15 is 0 Å². The summed E-state index contributed by atoms with van der Waals surface area (Å²) in [6.07, 6.45) is 10.9. The minimum absolute atomic E-state index is 0.780.